The monoisotopic (exact) mass is 496 g/mol. The molecule has 1 atom stereocenters. The van der Waals surface area contributed by atoms with E-state index < -0.39 is 12.0 Å². The molecule has 3 aromatic rings. The summed E-state index contributed by atoms with van der Waals surface area (Å²) in [5.41, 5.74) is 2.13. The number of fused-ring (bicyclic) bond motifs is 1. The Labute approximate surface area is 205 Å². The maximum absolute atomic E-state index is 13.7. The average Bonchev–Trinajstić information content (AvgIpc) is 3.16. The second kappa shape index (κ2) is 9.90. The van der Waals surface area contributed by atoms with E-state index in [0.29, 0.717) is 37.7 Å². The third-order valence-corrected chi connectivity index (χ3v) is 7.31. The first-order valence-corrected chi connectivity index (χ1v) is 12.4. The van der Waals surface area contributed by atoms with Gasteiger partial charge in [-0.2, -0.15) is 0 Å². The van der Waals surface area contributed by atoms with Crippen molar-refractivity contribution in [2.45, 2.75) is 17.9 Å². The third-order valence-electron chi connectivity index (χ3n) is 5.58. The van der Waals surface area contributed by atoms with Crippen molar-refractivity contribution in [3.8, 4) is 11.5 Å². The number of thiazole rings is 1. The van der Waals surface area contributed by atoms with Crippen molar-refractivity contribution in [2.24, 2.45) is 4.99 Å². The van der Waals surface area contributed by atoms with Crippen molar-refractivity contribution in [1.82, 2.24) is 4.57 Å². The normalized spacial score (nSPS) is 15.6. The fraction of sp³-hybridized carbons (Fsp3) is 0.240. The first-order valence-electron chi connectivity index (χ1n) is 10.4. The van der Waals surface area contributed by atoms with Crippen LogP contribution in [-0.4, -0.2) is 38.1 Å². The van der Waals surface area contributed by atoms with E-state index in [2.05, 4.69) is 4.99 Å². The van der Waals surface area contributed by atoms with Crippen LogP contribution in [0.3, 0.4) is 0 Å². The summed E-state index contributed by atoms with van der Waals surface area (Å²) in [5, 5.41) is 0. The van der Waals surface area contributed by atoms with E-state index in [4.69, 9.17) is 14.2 Å². The second-order valence-electron chi connectivity index (χ2n) is 7.43. The minimum Gasteiger partial charge on any atom is -0.493 e. The lowest BCUT2D eigenvalue weighted by Gasteiger charge is -2.24. The number of carbonyl (C=O) groups is 1. The molecule has 0 aliphatic carbocycles. The van der Waals surface area contributed by atoms with Crippen LogP contribution in [0.15, 0.2) is 68.4 Å². The molecule has 1 aliphatic rings. The molecule has 0 saturated carbocycles. The molecule has 176 valence electrons. The van der Waals surface area contributed by atoms with Gasteiger partial charge in [0, 0.05) is 10.5 Å². The SMILES string of the molecule is COC(=O)C1=C(C)N=c2sc(=Cc3cccc(OC)c3OC)c(=O)n2C1c1ccc(SC)cc1. The number of hydrogen-bond acceptors (Lipinski definition) is 8. The van der Waals surface area contributed by atoms with Gasteiger partial charge >= 0.3 is 5.97 Å². The Morgan fingerprint density at radius 3 is 2.47 bits per heavy atom. The molecule has 0 amide bonds. The zero-order valence-electron chi connectivity index (χ0n) is 19.4. The van der Waals surface area contributed by atoms with Gasteiger partial charge in [-0.1, -0.05) is 35.6 Å². The van der Waals surface area contributed by atoms with Crippen molar-refractivity contribution in [1.29, 1.82) is 0 Å². The summed E-state index contributed by atoms with van der Waals surface area (Å²) in [5.74, 6) is 0.593. The Hall–Kier alpha value is -3.30. The number of rotatable bonds is 6. The predicted molar refractivity (Wildman–Crippen MR) is 134 cm³/mol. The van der Waals surface area contributed by atoms with Gasteiger partial charge < -0.3 is 14.2 Å². The standard InChI is InChI=1S/C25H24N2O5S2/c1-14-20(24(29)32-4)21(15-9-11-17(33-5)12-10-15)27-23(28)19(34-25(27)26-14)13-16-7-6-8-18(30-2)22(16)31-3/h6-13,21H,1-5H3. The summed E-state index contributed by atoms with van der Waals surface area (Å²) in [6.45, 7) is 1.76. The fourth-order valence-electron chi connectivity index (χ4n) is 3.96. The van der Waals surface area contributed by atoms with Gasteiger partial charge in [0.15, 0.2) is 16.3 Å². The molecule has 1 unspecified atom stereocenters. The van der Waals surface area contributed by atoms with Gasteiger partial charge in [0.1, 0.15) is 0 Å². The molecular formula is C25H24N2O5S2. The Morgan fingerprint density at radius 1 is 1.12 bits per heavy atom. The number of hydrogen-bond donors (Lipinski definition) is 0. The van der Waals surface area contributed by atoms with Crippen LogP contribution in [0.5, 0.6) is 11.5 Å². The second-order valence-corrected chi connectivity index (χ2v) is 9.32. The molecular weight excluding hydrogens is 472 g/mol. The van der Waals surface area contributed by atoms with Crippen LogP contribution in [0, 0.1) is 0 Å². The van der Waals surface area contributed by atoms with Crippen molar-refractivity contribution in [2.75, 3.05) is 27.6 Å². The van der Waals surface area contributed by atoms with Crippen molar-refractivity contribution < 1.29 is 19.0 Å². The molecule has 1 aromatic heterocycles. The maximum atomic E-state index is 13.7. The summed E-state index contributed by atoms with van der Waals surface area (Å²) in [6, 6.07) is 12.6. The summed E-state index contributed by atoms with van der Waals surface area (Å²) < 4.78 is 18.0. The summed E-state index contributed by atoms with van der Waals surface area (Å²) in [7, 11) is 4.45. The number of para-hydroxylation sites is 1. The van der Waals surface area contributed by atoms with Crippen molar-refractivity contribution in [3.63, 3.8) is 0 Å². The molecule has 7 nitrogen and oxygen atoms in total. The van der Waals surface area contributed by atoms with E-state index >= 15 is 0 Å². The molecule has 0 bridgehead atoms. The minimum absolute atomic E-state index is 0.249. The van der Waals surface area contributed by atoms with Crippen LogP contribution in [0.25, 0.3) is 6.08 Å². The molecule has 0 spiro atoms. The molecule has 1 aliphatic heterocycles. The first-order chi connectivity index (χ1) is 16.4. The van der Waals surface area contributed by atoms with E-state index in [1.807, 2.05) is 42.7 Å². The minimum atomic E-state index is -0.644. The predicted octanol–water partition coefficient (Wildman–Crippen LogP) is 3.15. The number of nitrogens with zero attached hydrogens (tertiary/aromatic N) is 2. The van der Waals surface area contributed by atoms with Crippen LogP contribution in [0.4, 0.5) is 0 Å². The van der Waals surface area contributed by atoms with Crippen LogP contribution in [-0.2, 0) is 9.53 Å². The number of aromatic nitrogens is 1. The highest BCUT2D eigenvalue weighted by Crippen LogP contribution is 2.32. The summed E-state index contributed by atoms with van der Waals surface area (Å²) in [6.07, 6.45) is 3.76. The van der Waals surface area contributed by atoms with E-state index in [1.54, 1.807) is 49.6 Å². The van der Waals surface area contributed by atoms with Gasteiger partial charge in [-0.05, 0) is 43.0 Å². The number of benzene rings is 2. The van der Waals surface area contributed by atoms with Gasteiger partial charge in [0.05, 0.1) is 43.2 Å². The highest BCUT2D eigenvalue weighted by atomic mass is 32.2. The summed E-state index contributed by atoms with van der Waals surface area (Å²) >= 11 is 2.88. The Balaban J connectivity index is 1.97. The molecule has 0 radical (unpaired) electrons. The molecule has 2 aromatic carbocycles. The van der Waals surface area contributed by atoms with Gasteiger partial charge in [-0.15, -0.1) is 11.8 Å². The van der Waals surface area contributed by atoms with E-state index in [1.165, 1.54) is 18.4 Å². The number of methoxy groups -OCH3 is 3. The molecule has 0 saturated heterocycles. The number of carbonyl (C=O) groups excluding carboxylic acids is 1. The van der Waals surface area contributed by atoms with Crippen molar-refractivity contribution in [3.05, 3.63) is 84.5 Å². The number of ether oxygens (including phenoxy) is 3. The molecule has 34 heavy (non-hydrogen) atoms. The quantitative estimate of drug-likeness (QED) is 0.385. The van der Waals surface area contributed by atoms with Gasteiger partial charge in [-0.25, -0.2) is 9.79 Å². The fourth-order valence-corrected chi connectivity index (χ4v) is 5.41. The van der Waals surface area contributed by atoms with E-state index in [9.17, 15) is 9.59 Å². The highest BCUT2D eigenvalue weighted by molar-refractivity contribution is 7.98. The van der Waals surface area contributed by atoms with E-state index in [-0.39, 0.29) is 5.56 Å². The van der Waals surface area contributed by atoms with E-state index in [0.717, 1.165) is 10.5 Å². The Kier molecular flexibility index (Phi) is 6.95. The number of thioether (sulfide) groups is 1. The molecule has 0 N–H and O–H groups in total. The Bertz CT molecular complexity index is 1450. The molecule has 2 heterocycles. The Morgan fingerprint density at radius 2 is 1.85 bits per heavy atom. The lowest BCUT2D eigenvalue weighted by molar-refractivity contribution is -0.136. The average molecular weight is 497 g/mol. The highest BCUT2D eigenvalue weighted by Gasteiger charge is 2.33. The summed E-state index contributed by atoms with van der Waals surface area (Å²) in [4.78, 5) is 32.6. The smallest absolute Gasteiger partial charge is 0.338 e. The van der Waals surface area contributed by atoms with Crippen LogP contribution in [0.2, 0.25) is 0 Å². The topological polar surface area (TPSA) is 79.1 Å². The lowest BCUT2D eigenvalue weighted by atomic mass is 9.96. The van der Waals surface area contributed by atoms with Gasteiger partial charge in [0.2, 0.25) is 0 Å². The van der Waals surface area contributed by atoms with Crippen LogP contribution >= 0.6 is 23.1 Å². The van der Waals surface area contributed by atoms with Crippen LogP contribution < -0.4 is 24.4 Å². The molecule has 4 rings (SSSR count). The first kappa shape index (κ1) is 23.8. The molecule has 9 heteroatoms. The van der Waals surface area contributed by atoms with Gasteiger partial charge in [-0.3, -0.25) is 9.36 Å². The molecule has 0 fully saturated rings. The van der Waals surface area contributed by atoms with Crippen LogP contribution in [0.1, 0.15) is 24.1 Å². The maximum Gasteiger partial charge on any atom is 0.338 e. The largest absolute Gasteiger partial charge is 0.493 e. The van der Waals surface area contributed by atoms with Gasteiger partial charge in [0.25, 0.3) is 5.56 Å². The third kappa shape index (κ3) is 4.17. The van der Waals surface area contributed by atoms with Crippen molar-refractivity contribution >= 4 is 35.1 Å². The zero-order chi connectivity index (χ0) is 24.4. The lowest BCUT2D eigenvalue weighted by Crippen LogP contribution is -2.39. The zero-order valence-corrected chi connectivity index (χ0v) is 21.1. The number of allylic oxidation sites excluding steroid dienone is 1. The number of esters is 1.